The van der Waals surface area contributed by atoms with Crippen molar-refractivity contribution in [3.63, 3.8) is 0 Å². The monoisotopic (exact) mass is 288 g/mol. The molecule has 1 atom stereocenters. The van der Waals surface area contributed by atoms with Gasteiger partial charge in [0.05, 0.1) is 0 Å². The van der Waals surface area contributed by atoms with E-state index in [4.69, 9.17) is 0 Å². The van der Waals surface area contributed by atoms with Crippen LogP contribution in [-0.2, 0) is 13.1 Å². The summed E-state index contributed by atoms with van der Waals surface area (Å²) < 4.78 is 0. The Kier molecular flexibility index (Phi) is 6.72. The molecule has 21 heavy (non-hydrogen) atoms. The number of hydrogen-bond acceptors (Lipinski definition) is 2. The van der Waals surface area contributed by atoms with Crippen molar-refractivity contribution < 1.29 is 0 Å². The first kappa shape index (κ1) is 16.5. The Balaban J connectivity index is 1.92. The zero-order valence-electron chi connectivity index (χ0n) is 14.1. The van der Waals surface area contributed by atoms with Gasteiger partial charge in [-0.25, -0.2) is 0 Å². The van der Waals surface area contributed by atoms with Crippen molar-refractivity contribution >= 4 is 0 Å². The molecule has 2 nitrogen and oxygen atoms in total. The number of benzene rings is 1. The zero-order valence-corrected chi connectivity index (χ0v) is 14.1. The minimum Gasteiger partial charge on any atom is -0.312 e. The van der Waals surface area contributed by atoms with E-state index in [-0.39, 0.29) is 0 Å². The number of likely N-dealkylation sites (tertiary alicyclic amines) is 1. The summed E-state index contributed by atoms with van der Waals surface area (Å²) in [6.45, 7) is 12.6. The zero-order chi connectivity index (χ0) is 15.1. The highest BCUT2D eigenvalue weighted by Gasteiger charge is 2.14. The number of hydrogen-bond donors (Lipinski definition) is 1. The molecular formula is C19H32N2. The van der Waals surface area contributed by atoms with Gasteiger partial charge in [0, 0.05) is 13.1 Å². The van der Waals surface area contributed by atoms with Gasteiger partial charge in [0.1, 0.15) is 0 Å². The van der Waals surface area contributed by atoms with E-state index in [1.807, 2.05) is 0 Å². The average Bonchev–Trinajstić information content (AvgIpc) is 2.65. The molecule has 1 fully saturated rings. The summed E-state index contributed by atoms with van der Waals surface area (Å²) >= 11 is 0. The SMILES string of the molecule is CC(C)CNCc1ccccc1CN1CCCC(C)CC1. The summed E-state index contributed by atoms with van der Waals surface area (Å²) in [5.74, 6) is 1.61. The van der Waals surface area contributed by atoms with Crippen molar-refractivity contribution in [2.45, 2.75) is 53.1 Å². The van der Waals surface area contributed by atoms with Crippen LogP contribution in [0.25, 0.3) is 0 Å². The van der Waals surface area contributed by atoms with Crippen LogP contribution in [0.1, 0.15) is 51.2 Å². The lowest BCUT2D eigenvalue weighted by Crippen LogP contribution is -2.26. The highest BCUT2D eigenvalue weighted by Crippen LogP contribution is 2.19. The Hall–Kier alpha value is -0.860. The highest BCUT2D eigenvalue weighted by atomic mass is 15.1. The summed E-state index contributed by atoms with van der Waals surface area (Å²) in [6, 6.07) is 8.94. The maximum Gasteiger partial charge on any atom is 0.0236 e. The van der Waals surface area contributed by atoms with Crippen LogP contribution in [-0.4, -0.2) is 24.5 Å². The van der Waals surface area contributed by atoms with Crippen molar-refractivity contribution in [3.8, 4) is 0 Å². The van der Waals surface area contributed by atoms with Gasteiger partial charge in [0.2, 0.25) is 0 Å². The van der Waals surface area contributed by atoms with Crippen LogP contribution in [0, 0.1) is 11.8 Å². The predicted octanol–water partition coefficient (Wildman–Crippen LogP) is 4.05. The maximum absolute atomic E-state index is 3.58. The molecule has 1 heterocycles. The molecule has 2 rings (SSSR count). The number of nitrogens with zero attached hydrogens (tertiary/aromatic N) is 1. The van der Waals surface area contributed by atoms with Crippen LogP contribution in [0.4, 0.5) is 0 Å². The van der Waals surface area contributed by atoms with E-state index in [0.29, 0.717) is 5.92 Å². The lowest BCUT2D eigenvalue weighted by molar-refractivity contribution is 0.272. The topological polar surface area (TPSA) is 15.3 Å². The van der Waals surface area contributed by atoms with E-state index in [0.717, 1.165) is 25.6 Å². The molecule has 118 valence electrons. The third kappa shape index (κ3) is 5.80. The molecule has 1 unspecified atom stereocenters. The molecule has 1 aromatic rings. The molecule has 1 N–H and O–H groups in total. The molecule has 1 aliphatic rings. The first-order valence-electron chi connectivity index (χ1n) is 8.65. The fourth-order valence-corrected chi connectivity index (χ4v) is 3.10. The van der Waals surface area contributed by atoms with Gasteiger partial charge < -0.3 is 5.32 Å². The van der Waals surface area contributed by atoms with Crippen LogP contribution in [0.3, 0.4) is 0 Å². The largest absolute Gasteiger partial charge is 0.312 e. The van der Waals surface area contributed by atoms with Crippen molar-refractivity contribution in [1.29, 1.82) is 0 Å². The molecule has 0 bridgehead atoms. The second kappa shape index (κ2) is 8.55. The third-order valence-corrected chi connectivity index (χ3v) is 4.49. The Labute approximate surface area is 130 Å². The van der Waals surface area contributed by atoms with E-state index in [2.05, 4.69) is 55.3 Å². The predicted molar refractivity (Wildman–Crippen MR) is 91.3 cm³/mol. The molecule has 0 radical (unpaired) electrons. The van der Waals surface area contributed by atoms with Gasteiger partial charge in [-0.1, -0.05) is 45.0 Å². The number of rotatable bonds is 6. The van der Waals surface area contributed by atoms with Crippen molar-refractivity contribution in [1.82, 2.24) is 10.2 Å². The molecule has 0 saturated carbocycles. The minimum absolute atomic E-state index is 0.712. The molecule has 0 aliphatic carbocycles. The Morgan fingerprint density at radius 2 is 1.90 bits per heavy atom. The minimum atomic E-state index is 0.712. The maximum atomic E-state index is 3.58. The smallest absolute Gasteiger partial charge is 0.0236 e. The van der Waals surface area contributed by atoms with E-state index in [9.17, 15) is 0 Å². The second-order valence-corrected chi connectivity index (χ2v) is 7.11. The van der Waals surface area contributed by atoms with E-state index < -0.39 is 0 Å². The van der Waals surface area contributed by atoms with Gasteiger partial charge in [-0.05, 0) is 61.9 Å². The molecule has 2 heteroatoms. The van der Waals surface area contributed by atoms with Crippen molar-refractivity contribution in [2.75, 3.05) is 19.6 Å². The van der Waals surface area contributed by atoms with Gasteiger partial charge in [-0.15, -0.1) is 0 Å². The van der Waals surface area contributed by atoms with Crippen LogP contribution in [0.5, 0.6) is 0 Å². The summed E-state index contributed by atoms with van der Waals surface area (Å²) in [4.78, 5) is 2.64. The van der Waals surface area contributed by atoms with Crippen LogP contribution < -0.4 is 5.32 Å². The average molecular weight is 288 g/mol. The lowest BCUT2D eigenvalue weighted by atomic mass is 10.0. The van der Waals surface area contributed by atoms with E-state index in [1.165, 1.54) is 43.5 Å². The molecule has 1 aromatic carbocycles. The van der Waals surface area contributed by atoms with Gasteiger partial charge in [-0.3, -0.25) is 4.90 Å². The highest BCUT2D eigenvalue weighted by molar-refractivity contribution is 5.27. The normalized spacial score (nSPS) is 20.7. The molecule has 1 aliphatic heterocycles. The fraction of sp³-hybridized carbons (Fsp3) is 0.684. The summed E-state index contributed by atoms with van der Waals surface area (Å²) in [6.07, 6.45) is 4.11. The first-order valence-corrected chi connectivity index (χ1v) is 8.65. The van der Waals surface area contributed by atoms with Crippen molar-refractivity contribution in [3.05, 3.63) is 35.4 Å². The lowest BCUT2D eigenvalue weighted by Gasteiger charge is -2.22. The second-order valence-electron chi connectivity index (χ2n) is 7.11. The molecular weight excluding hydrogens is 256 g/mol. The fourth-order valence-electron chi connectivity index (χ4n) is 3.10. The van der Waals surface area contributed by atoms with Gasteiger partial charge >= 0.3 is 0 Å². The van der Waals surface area contributed by atoms with Crippen molar-refractivity contribution in [2.24, 2.45) is 11.8 Å². The van der Waals surface area contributed by atoms with Crippen LogP contribution >= 0.6 is 0 Å². The van der Waals surface area contributed by atoms with Gasteiger partial charge in [-0.2, -0.15) is 0 Å². The number of nitrogens with one attached hydrogen (secondary N) is 1. The molecule has 0 aromatic heterocycles. The Morgan fingerprint density at radius 3 is 2.67 bits per heavy atom. The summed E-state index contributed by atoms with van der Waals surface area (Å²) in [5, 5.41) is 3.58. The third-order valence-electron chi connectivity index (χ3n) is 4.49. The Bertz CT molecular complexity index is 414. The molecule has 0 amide bonds. The standard InChI is InChI=1S/C19H32N2/c1-16(2)13-20-14-18-8-4-5-9-19(18)15-21-11-6-7-17(3)10-12-21/h4-5,8-9,16-17,20H,6-7,10-15H2,1-3H3. The molecule has 1 saturated heterocycles. The summed E-state index contributed by atoms with van der Waals surface area (Å²) in [7, 11) is 0. The molecule has 0 spiro atoms. The Morgan fingerprint density at radius 1 is 1.14 bits per heavy atom. The van der Waals surface area contributed by atoms with E-state index >= 15 is 0 Å². The quantitative estimate of drug-likeness (QED) is 0.849. The summed E-state index contributed by atoms with van der Waals surface area (Å²) in [5.41, 5.74) is 2.97. The van der Waals surface area contributed by atoms with E-state index in [1.54, 1.807) is 0 Å². The van der Waals surface area contributed by atoms with Crippen LogP contribution in [0.15, 0.2) is 24.3 Å². The van der Waals surface area contributed by atoms with Crippen LogP contribution in [0.2, 0.25) is 0 Å². The first-order chi connectivity index (χ1) is 10.1. The van der Waals surface area contributed by atoms with Gasteiger partial charge in [0.15, 0.2) is 0 Å². The van der Waals surface area contributed by atoms with Gasteiger partial charge in [0.25, 0.3) is 0 Å².